The molecule has 0 saturated heterocycles. The third-order valence-corrected chi connectivity index (χ3v) is 5.27. The van der Waals surface area contributed by atoms with E-state index in [-0.39, 0.29) is 11.7 Å². The molecule has 0 aromatic carbocycles. The lowest BCUT2D eigenvalue weighted by atomic mass is 9.80. The number of aryl methyl sites for hydroxylation is 1. The molecule has 0 bridgehead atoms. The minimum absolute atomic E-state index is 0.0493. The van der Waals surface area contributed by atoms with E-state index in [0.29, 0.717) is 24.9 Å². The van der Waals surface area contributed by atoms with Crippen LogP contribution in [0.15, 0.2) is 10.6 Å². The first-order valence-electron chi connectivity index (χ1n) is 9.15. The first-order chi connectivity index (χ1) is 12.6. The number of nitrogens with one attached hydrogen (secondary N) is 1. The van der Waals surface area contributed by atoms with Crippen molar-refractivity contribution in [3.63, 3.8) is 0 Å². The molecule has 1 aliphatic heterocycles. The van der Waals surface area contributed by atoms with E-state index in [1.165, 1.54) is 13.5 Å². The van der Waals surface area contributed by atoms with Crippen LogP contribution in [0.4, 0.5) is 0 Å². The van der Waals surface area contributed by atoms with Gasteiger partial charge in [0, 0.05) is 26.7 Å². The van der Waals surface area contributed by atoms with Gasteiger partial charge in [0.1, 0.15) is 6.10 Å². The number of hydrogen-bond donors (Lipinski definition) is 2. The molecular weight excluding hydrogens is 336 g/mol. The Morgan fingerprint density at radius 1 is 1.42 bits per heavy atom. The van der Waals surface area contributed by atoms with Gasteiger partial charge in [-0.3, -0.25) is 14.4 Å². The van der Waals surface area contributed by atoms with E-state index >= 15 is 0 Å². The number of carbonyl (C=O) groups excluding carboxylic acids is 1. The lowest BCUT2D eigenvalue weighted by Crippen LogP contribution is -2.23. The van der Waals surface area contributed by atoms with E-state index in [0.717, 1.165) is 43.7 Å². The van der Waals surface area contributed by atoms with Crippen molar-refractivity contribution in [2.24, 2.45) is 5.92 Å². The van der Waals surface area contributed by atoms with Crippen LogP contribution in [0, 0.1) is 5.92 Å². The highest BCUT2D eigenvalue weighted by molar-refractivity contribution is 5.89. The first kappa shape index (κ1) is 17.2. The first-order valence-corrected chi connectivity index (χ1v) is 9.15. The summed E-state index contributed by atoms with van der Waals surface area (Å²) in [5, 5.41) is 21.3. The molecule has 9 nitrogen and oxygen atoms in total. The van der Waals surface area contributed by atoms with Gasteiger partial charge in [-0.2, -0.15) is 10.1 Å². The third kappa shape index (κ3) is 3.36. The lowest BCUT2D eigenvalue weighted by molar-refractivity contribution is 0.0580. The number of amides is 1. The fourth-order valence-corrected chi connectivity index (χ4v) is 3.54. The molecule has 0 radical (unpaired) electrons. The molecule has 3 heterocycles. The second-order valence-electron chi connectivity index (χ2n) is 7.07. The van der Waals surface area contributed by atoms with Gasteiger partial charge in [0.05, 0.1) is 17.9 Å². The lowest BCUT2D eigenvalue weighted by Gasteiger charge is -2.29. The normalized spacial score (nSPS) is 19.5. The molecular formula is C17H24N6O3. The molecule has 1 amide bonds. The van der Waals surface area contributed by atoms with Gasteiger partial charge < -0.3 is 14.9 Å². The van der Waals surface area contributed by atoms with Gasteiger partial charge in [-0.25, -0.2) is 0 Å². The fourth-order valence-electron chi connectivity index (χ4n) is 3.54. The van der Waals surface area contributed by atoms with Crippen LogP contribution in [0.3, 0.4) is 0 Å². The summed E-state index contributed by atoms with van der Waals surface area (Å²) in [5.41, 5.74) is 1.87. The van der Waals surface area contributed by atoms with Crippen molar-refractivity contribution < 1.29 is 14.4 Å². The number of fused-ring (bicyclic) bond motifs is 1. The Morgan fingerprint density at radius 3 is 3.00 bits per heavy atom. The van der Waals surface area contributed by atoms with Crippen LogP contribution in [-0.4, -0.2) is 49.4 Å². The number of aliphatic hydroxyl groups is 1. The van der Waals surface area contributed by atoms with Crippen LogP contribution < -0.4 is 5.32 Å². The molecule has 2 N–H and O–H groups in total. The maximum Gasteiger partial charge on any atom is 0.292 e. The topological polar surface area (TPSA) is 109 Å². The van der Waals surface area contributed by atoms with Gasteiger partial charge in [0.2, 0.25) is 5.89 Å². The van der Waals surface area contributed by atoms with Crippen molar-refractivity contribution in [3.8, 4) is 0 Å². The highest BCUT2D eigenvalue weighted by Crippen LogP contribution is 2.37. The van der Waals surface area contributed by atoms with Gasteiger partial charge in [-0.1, -0.05) is 11.6 Å². The summed E-state index contributed by atoms with van der Waals surface area (Å²) in [7, 11) is 1.53. The van der Waals surface area contributed by atoms with Gasteiger partial charge >= 0.3 is 0 Å². The Bertz CT molecular complexity index is 781. The van der Waals surface area contributed by atoms with Crippen molar-refractivity contribution in [1.82, 2.24) is 30.1 Å². The Kier molecular flexibility index (Phi) is 4.73. The number of aromatic nitrogens is 4. The molecule has 1 atom stereocenters. The highest BCUT2D eigenvalue weighted by Gasteiger charge is 2.30. The predicted octanol–water partition coefficient (Wildman–Crippen LogP) is 0.865. The molecule has 1 saturated carbocycles. The van der Waals surface area contributed by atoms with Crippen LogP contribution in [-0.2, 0) is 19.6 Å². The molecule has 0 spiro atoms. The Labute approximate surface area is 151 Å². The van der Waals surface area contributed by atoms with Gasteiger partial charge in [0.15, 0.2) is 0 Å². The largest absolute Gasteiger partial charge is 0.386 e. The molecule has 1 fully saturated rings. The van der Waals surface area contributed by atoms with E-state index < -0.39 is 6.10 Å². The molecule has 0 unspecified atom stereocenters. The zero-order valence-electron chi connectivity index (χ0n) is 14.9. The van der Waals surface area contributed by atoms with Crippen molar-refractivity contribution in [3.05, 3.63) is 29.2 Å². The zero-order chi connectivity index (χ0) is 18.1. The number of carbonyl (C=O) groups is 1. The van der Waals surface area contributed by atoms with E-state index in [2.05, 4.69) is 25.5 Å². The second kappa shape index (κ2) is 7.16. The number of hydrogen-bond acceptors (Lipinski definition) is 7. The fraction of sp³-hybridized carbons (Fsp3) is 0.647. The minimum atomic E-state index is -0.456. The predicted molar refractivity (Wildman–Crippen MR) is 90.9 cm³/mol. The third-order valence-electron chi connectivity index (χ3n) is 5.27. The Hall–Kier alpha value is -2.26. The van der Waals surface area contributed by atoms with Gasteiger partial charge in [-0.15, -0.1) is 0 Å². The van der Waals surface area contributed by atoms with Crippen LogP contribution in [0.25, 0.3) is 0 Å². The molecule has 2 aromatic heterocycles. The summed E-state index contributed by atoms with van der Waals surface area (Å²) >= 11 is 0. The summed E-state index contributed by atoms with van der Waals surface area (Å²) in [5.74, 6) is 0.467. The molecule has 140 valence electrons. The van der Waals surface area contributed by atoms with E-state index in [4.69, 9.17) is 4.52 Å². The van der Waals surface area contributed by atoms with Gasteiger partial charge in [-0.05, 0) is 31.2 Å². The van der Waals surface area contributed by atoms with Crippen molar-refractivity contribution in [1.29, 1.82) is 0 Å². The smallest absolute Gasteiger partial charge is 0.292 e. The van der Waals surface area contributed by atoms with Crippen LogP contribution >= 0.6 is 0 Å². The molecule has 9 heteroatoms. The molecule has 26 heavy (non-hydrogen) atoms. The molecule has 2 aromatic rings. The number of rotatable bonds is 5. The molecule has 1 aliphatic carbocycles. The standard InChI is InChI=1S/C17H24N6O3/c1-18-17(25)16-19-14(26-21-16)10-22-6-3-7-23-12(9-22)8-13(20-23)15(24)11-4-2-5-11/h8,11,15,24H,2-7,9-10H2,1H3,(H,18,25)/t15-/m0/s1. The van der Waals surface area contributed by atoms with Crippen molar-refractivity contribution >= 4 is 5.91 Å². The summed E-state index contributed by atoms with van der Waals surface area (Å²) < 4.78 is 7.19. The van der Waals surface area contributed by atoms with E-state index in [1.54, 1.807) is 0 Å². The average Bonchev–Trinajstić information content (AvgIpc) is 3.16. The van der Waals surface area contributed by atoms with Crippen molar-refractivity contribution in [2.45, 2.75) is 51.4 Å². The number of nitrogens with zero attached hydrogens (tertiary/aromatic N) is 5. The second-order valence-corrected chi connectivity index (χ2v) is 7.07. The Balaban J connectivity index is 1.44. The molecule has 4 rings (SSSR count). The summed E-state index contributed by atoms with van der Waals surface area (Å²) in [6.07, 6.45) is 3.86. The minimum Gasteiger partial charge on any atom is -0.386 e. The Morgan fingerprint density at radius 2 is 2.27 bits per heavy atom. The molecule has 2 aliphatic rings. The highest BCUT2D eigenvalue weighted by atomic mass is 16.5. The SMILES string of the molecule is CNC(=O)c1noc(CN2CCCn3nc([C@@H](O)C4CCC4)cc3C2)n1. The zero-order valence-corrected chi connectivity index (χ0v) is 14.9. The summed E-state index contributed by atoms with van der Waals surface area (Å²) in [4.78, 5) is 17.9. The van der Waals surface area contributed by atoms with Crippen LogP contribution in [0.2, 0.25) is 0 Å². The van der Waals surface area contributed by atoms with Crippen LogP contribution in [0.1, 0.15) is 59.7 Å². The monoisotopic (exact) mass is 360 g/mol. The van der Waals surface area contributed by atoms with Crippen molar-refractivity contribution in [2.75, 3.05) is 13.6 Å². The maximum atomic E-state index is 11.5. The summed E-state index contributed by atoms with van der Waals surface area (Å²) in [6, 6.07) is 2.02. The van der Waals surface area contributed by atoms with Gasteiger partial charge in [0.25, 0.3) is 11.7 Å². The van der Waals surface area contributed by atoms with E-state index in [1.807, 2.05) is 10.7 Å². The number of aliphatic hydroxyl groups excluding tert-OH is 1. The average molecular weight is 360 g/mol. The van der Waals surface area contributed by atoms with Crippen LogP contribution in [0.5, 0.6) is 0 Å². The van der Waals surface area contributed by atoms with E-state index in [9.17, 15) is 9.90 Å². The quantitative estimate of drug-likeness (QED) is 0.814. The maximum absolute atomic E-state index is 11.5. The summed E-state index contributed by atoms with van der Waals surface area (Å²) in [6.45, 7) is 2.88.